The third-order valence-corrected chi connectivity index (χ3v) is 34.7. The standard InChI is InChI=1S/2C29H25.C2H3BN2O2.2ClH.Zr/c2*1-2-3-10-21-19-23-13-9-18-28(29(23)20-21)27-16-7-6-15-26(27)25-17-8-12-22-11-4-5-14-24(22)25;6-1-4-3-5-2-7;;;/h2*4-9,11-20H,2-3,10H2,1H3;1-2H,(H-,4,5,6,7);2*1H;/q;;;;;+1/p-1. The second-order valence-electron chi connectivity index (χ2n) is 18.5. The molecule has 0 spiro atoms. The van der Waals surface area contributed by atoms with Crippen molar-refractivity contribution in [2.75, 3.05) is 0 Å². The molecule has 8 aromatic rings. The van der Waals surface area contributed by atoms with Gasteiger partial charge in [0, 0.05) is 0 Å². The summed E-state index contributed by atoms with van der Waals surface area (Å²) in [6, 6.07) is 60.5. The van der Waals surface area contributed by atoms with Crippen LogP contribution in [0.2, 0.25) is 0 Å². The van der Waals surface area contributed by atoms with Gasteiger partial charge in [0.2, 0.25) is 0 Å². The van der Waals surface area contributed by atoms with Gasteiger partial charge in [0.05, 0.1) is 0 Å². The van der Waals surface area contributed by atoms with E-state index < -0.39 is 27.9 Å². The Morgan fingerprint density at radius 2 is 0.794 bits per heavy atom. The molecule has 337 valence electrons. The van der Waals surface area contributed by atoms with Crippen LogP contribution in [0.1, 0.15) is 81.9 Å². The van der Waals surface area contributed by atoms with Crippen LogP contribution in [0.5, 0.6) is 0 Å². The van der Waals surface area contributed by atoms with Crippen LogP contribution in [0.15, 0.2) is 181 Å². The first-order chi connectivity index (χ1) is 33.3. The first-order valence-corrected chi connectivity index (χ1v) is 34.7. The van der Waals surface area contributed by atoms with Crippen LogP contribution in [0.25, 0.3) is 78.2 Å². The number of benzene rings is 8. The Bertz CT molecular complexity index is 3080. The fourth-order valence-corrected chi connectivity index (χ4v) is 32.4. The van der Waals surface area contributed by atoms with Gasteiger partial charge in [-0.25, -0.2) is 0 Å². The van der Waals surface area contributed by atoms with Crippen molar-refractivity contribution < 1.29 is 25.8 Å². The van der Waals surface area contributed by atoms with E-state index in [4.69, 9.17) is 17.0 Å². The molecule has 2 atom stereocenters. The molecule has 0 bridgehead atoms. The van der Waals surface area contributed by atoms with Gasteiger partial charge in [-0.2, -0.15) is 0 Å². The van der Waals surface area contributed by atoms with Crippen LogP contribution in [0, 0.1) is 0 Å². The molecule has 0 aliphatic heterocycles. The summed E-state index contributed by atoms with van der Waals surface area (Å²) in [5.74, 6) is 0. The number of amides is 2. The molecular weight excluding hydrogens is 954 g/mol. The van der Waals surface area contributed by atoms with Gasteiger partial charge in [-0.3, -0.25) is 0 Å². The van der Waals surface area contributed by atoms with Crippen molar-refractivity contribution in [2.24, 2.45) is 0 Å². The van der Waals surface area contributed by atoms with Crippen LogP contribution in [0.3, 0.4) is 0 Å². The van der Waals surface area contributed by atoms with E-state index >= 15 is 0 Å². The number of allylic oxidation sites excluding steroid dienone is 2. The summed E-state index contributed by atoms with van der Waals surface area (Å²) in [7, 11) is 17.9. The Labute approximate surface area is 408 Å². The van der Waals surface area contributed by atoms with E-state index in [1.54, 1.807) is 0 Å². The first kappa shape index (κ1) is 46.0. The fraction of sp³-hybridized carbons (Fsp3) is 0.167. The van der Waals surface area contributed by atoms with E-state index in [1.165, 1.54) is 21.5 Å². The molecular formula is C60H54BCl2N2O2Zr. The average molecular weight is 1010 g/mol. The molecule has 8 aromatic carbocycles. The molecule has 8 heteroatoms. The summed E-state index contributed by atoms with van der Waals surface area (Å²) >= 11 is -6.09. The average Bonchev–Trinajstić information content (AvgIpc) is 3.97. The van der Waals surface area contributed by atoms with Crippen LogP contribution in [-0.4, -0.2) is 17.3 Å². The summed E-state index contributed by atoms with van der Waals surface area (Å²) < 4.78 is -1.91. The van der Waals surface area contributed by atoms with Crippen LogP contribution in [-0.2, 0) is 25.8 Å². The zero-order valence-electron chi connectivity index (χ0n) is 38.5. The Morgan fingerprint density at radius 1 is 0.456 bits per heavy atom. The van der Waals surface area contributed by atoms with Gasteiger partial charge in [0.1, 0.15) is 0 Å². The first-order valence-electron chi connectivity index (χ1n) is 24.1. The summed E-state index contributed by atoms with van der Waals surface area (Å²) in [5, 5.41) is 10.9. The van der Waals surface area contributed by atoms with E-state index in [9.17, 15) is 9.59 Å². The molecule has 2 amide bonds. The van der Waals surface area contributed by atoms with Crippen molar-refractivity contribution in [2.45, 2.75) is 59.6 Å². The molecule has 68 heavy (non-hydrogen) atoms. The fourth-order valence-electron chi connectivity index (χ4n) is 11.7. The van der Waals surface area contributed by atoms with Crippen LogP contribution >= 0.6 is 17.0 Å². The molecule has 2 N–H and O–H groups in total. The van der Waals surface area contributed by atoms with E-state index in [2.05, 4.69) is 206 Å². The minimum atomic E-state index is -6.09. The second-order valence-corrected chi connectivity index (χ2v) is 39.9. The third kappa shape index (κ3) is 7.83. The summed E-state index contributed by atoms with van der Waals surface area (Å²) in [6.45, 7) is 4.41. The van der Waals surface area contributed by atoms with Crippen molar-refractivity contribution in [3.8, 4) is 44.5 Å². The quantitative estimate of drug-likeness (QED) is 0.0705. The Balaban J connectivity index is 1.21. The van der Waals surface area contributed by atoms with E-state index in [1.807, 2.05) is 0 Å². The van der Waals surface area contributed by atoms with Gasteiger partial charge in [0.15, 0.2) is 0 Å². The van der Waals surface area contributed by atoms with Gasteiger partial charge >= 0.3 is 412 Å². The van der Waals surface area contributed by atoms with Crippen molar-refractivity contribution in [1.82, 2.24) is 10.5 Å². The van der Waals surface area contributed by atoms with Crippen molar-refractivity contribution in [3.63, 3.8) is 0 Å². The van der Waals surface area contributed by atoms with E-state index in [0.29, 0.717) is 12.8 Å². The van der Waals surface area contributed by atoms with Crippen molar-refractivity contribution >= 4 is 68.1 Å². The number of carbonyl (C=O) groups is 2. The van der Waals surface area contributed by atoms with E-state index in [0.717, 1.165) is 116 Å². The Hall–Kier alpha value is -5.77. The summed E-state index contributed by atoms with van der Waals surface area (Å²) in [4.78, 5) is 25.9. The topological polar surface area (TPSA) is 58.2 Å². The molecule has 2 aliphatic rings. The number of halogens is 2. The SMILES string of the molecule is CCCCC1=Cc2c(-c3ccccc3-c3cccc4ccccc34)cccc2[CH]1[Zr]([Cl])([Cl])([B](NC=O)NC=O)[CH]1C(CCCC)=Cc2c(-c3ccccc3-c3cccc4ccccc34)cccc21. The molecule has 0 saturated carbocycles. The number of carbonyl (C=O) groups excluding carboxylic acids is 2. The van der Waals surface area contributed by atoms with E-state index in [-0.39, 0.29) is 0 Å². The third-order valence-electron chi connectivity index (χ3n) is 14.7. The molecule has 0 saturated heterocycles. The zero-order valence-corrected chi connectivity index (χ0v) is 42.5. The van der Waals surface area contributed by atoms with Gasteiger partial charge < -0.3 is 0 Å². The van der Waals surface area contributed by atoms with Gasteiger partial charge in [0.25, 0.3) is 0 Å². The molecule has 0 fully saturated rings. The van der Waals surface area contributed by atoms with Gasteiger partial charge in [-0.15, -0.1) is 0 Å². The van der Waals surface area contributed by atoms with Crippen molar-refractivity contribution in [1.29, 1.82) is 0 Å². The molecule has 0 aromatic heterocycles. The maximum atomic E-state index is 12.9. The number of fused-ring (bicyclic) bond motifs is 4. The molecule has 0 heterocycles. The Kier molecular flexibility index (Phi) is 13.1. The second kappa shape index (κ2) is 19.3. The number of hydrogen-bond acceptors (Lipinski definition) is 2. The Morgan fingerprint density at radius 3 is 1.21 bits per heavy atom. The molecule has 0 radical (unpaired) electrons. The molecule has 4 nitrogen and oxygen atoms in total. The number of hydrogen-bond donors (Lipinski definition) is 2. The van der Waals surface area contributed by atoms with Crippen LogP contribution < -0.4 is 10.5 Å². The summed E-state index contributed by atoms with van der Waals surface area (Å²) in [5.41, 5.74) is 15.6. The monoisotopic (exact) mass is 1010 g/mol. The minimum absolute atomic E-state index is 0.455. The van der Waals surface area contributed by atoms with Gasteiger partial charge in [-0.05, 0) is 0 Å². The molecule has 10 rings (SSSR count). The maximum absolute atomic E-state index is 12.9. The number of rotatable bonds is 17. The van der Waals surface area contributed by atoms with Crippen molar-refractivity contribution in [3.05, 3.63) is 203 Å². The molecule has 2 aliphatic carbocycles. The summed E-state index contributed by atoms with van der Waals surface area (Å²) in [6.07, 6.45) is 11.4. The van der Waals surface area contributed by atoms with Gasteiger partial charge in [-0.1, -0.05) is 0 Å². The number of unbranched alkanes of at least 4 members (excludes halogenated alkanes) is 2. The molecule has 2 unspecified atom stereocenters. The normalized spacial score (nSPS) is 15.7. The van der Waals surface area contributed by atoms with Crippen LogP contribution in [0.4, 0.5) is 0 Å². The zero-order chi connectivity index (χ0) is 46.9. The number of nitrogens with one attached hydrogen (secondary N) is 2. The predicted molar refractivity (Wildman–Crippen MR) is 286 cm³/mol. The predicted octanol–water partition coefficient (Wildman–Crippen LogP) is 16.1.